The van der Waals surface area contributed by atoms with Crippen molar-refractivity contribution in [3.63, 3.8) is 0 Å². The van der Waals surface area contributed by atoms with Crippen molar-refractivity contribution in [1.29, 1.82) is 0 Å². The van der Waals surface area contributed by atoms with E-state index in [1.54, 1.807) is 7.11 Å². The smallest absolute Gasteiger partial charge is 0.303 e. The highest BCUT2D eigenvalue weighted by Crippen LogP contribution is 2.36. The third-order valence-corrected chi connectivity index (χ3v) is 3.63. The first-order chi connectivity index (χ1) is 11.0. The lowest BCUT2D eigenvalue weighted by atomic mass is 10.1. The molecule has 0 bridgehead atoms. The zero-order chi connectivity index (χ0) is 17.2. The Hall–Kier alpha value is -1.76. The van der Waals surface area contributed by atoms with Gasteiger partial charge in [-0.15, -0.1) is 0 Å². The first-order valence-electron chi connectivity index (χ1n) is 7.45. The molecular formula is C16H22BrNO5. The van der Waals surface area contributed by atoms with Crippen LogP contribution in [0.15, 0.2) is 16.6 Å². The second-order valence-corrected chi connectivity index (χ2v) is 5.81. The van der Waals surface area contributed by atoms with Crippen LogP contribution in [0.1, 0.15) is 31.7 Å². The number of amides is 1. The van der Waals surface area contributed by atoms with E-state index in [1.165, 1.54) is 0 Å². The van der Waals surface area contributed by atoms with Crippen LogP contribution >= 0.6 is 15.9 Å². The van der Waals surface area contributed by atoms with Gasteiger partial charge in [-0.25, -0.2) is 0 Å². The standard InChI is InChI=1S/C16H22BrNO5/c1-3-8-23-16-12(17)9-11(10-13(16)22-2)6-7-18-14(19)4-5-15(20)21/h9-10H,3-8H2,1-2H3,(H,18,19)(H,20,21). The van der Waals surface area contributed by atoms with Crippen molar-refractivity contribution in [2.45, 2.75) is 32.6 Å². The Morgan fingerprint density at radius 3 is 2.65 bits per heavy atom. The lowest BCUT2D eigenvalue weighted by molar-refractivity contribution is -0.138. The van der Waals surface area contributed by atoms with Gasteiger partial charge in [-0.05, 0) is 46.5 Å². The van der Waals surface area contributed by atoms with Crippen LogP contribution in [-0.2, 0) is 16.0 Å². The predicted octanol–water partition coefficient (Wildman–Crippen LogP) is 2.77. The minimum Gasteiger partial charge on any atom is -0.493 e. The van der Waals surface area contributed by atoms with Crippen LogP contribution in [-0.4, -0.2) is 37.2 Å². The van der Waals surface area contributed by atoms with Crippen LogP contribution in [0.4, 0.5) is 0 Å². The zero-order valence-electron chi connectivity index (χ0n) is 13.4. The fourth-order valence-electron chi connectivity index (χ4n) is 1.92. The number of ether oxygens (including phenoxy) is 2. The predicted molar refractivity (Wildman–Crippen MR) is 90.1 cm³/mol. The fraction of sp³-hybridized carbons (Fsp3) is 0.500. The number of methoxy groups -OCH3 is 1. The Labute approximate surface area is 144 Å². The molecular weight excluding hydrogens is 366 g/mol. The maximum Gasteiger partial charge on any atom is 0.303 e. The number of hydrogen-bond donors (Lipinski definition) is 2. The maximum absolute atomic E-state index is 11.5. The molecule has 128 valence electrons. The molecule has 0 atom stereocenters. The number of halogens is 1. The number of rotatable bonds is 10. The number of aliphatic carboxylic acids is 1. The molecule has 0 heterocycles. The largest absolute Gasteiger partial charge is 0.493 e. The van der Waals surface area contributed by atoms with Gasteiger partial charge in [0.2, 0.25) is 5.91 Å². The van der Waals surface area contributed by atoms with Crippen molar-refractivity contribution < 1.29 is 24.2 Å². The average Bonchev–Trinajstić information content (AvgIpc) is 2.51. The molecule has 1 amide bonds. The number of carboxylic acids is 1. The lowest BCUT2D eigenvalue weighted by Gasteiger charge is -2.14. The highest BCUT2D eigenvalue weighted by atomic mass is 79.9. The van der Waals surface area contributed by atoms with E-state index in [2.05, 4.69) is 21.2 Å². The Bertz CT molecular complexity index is 548. The Morgan fingerprint density at radius 1 is 1.30 bits per heavy atom. The summed E-state index contributed by atoms with van der Waals surface area (Å²) >= 11 is 3.47. The molecule has 0 saturated heterocycles. The summed E-state index contributed by atoms with van der Waals surface area (Å²) in [6.07, 6.45) is 1.35. The Kier molecular flexibility index (Phi) is 8.47. The summed E-state index contributed by atoms with van der Waals surface area (Å²) in [5.41, 5.74) is 0.983. The highest BCUT2D eigenvalue weighted by Gasteiger charge is 2.12. The van der Waals surface area contributed by atoms with Crippen LogP contribution in [0.25, 0.3) is 0 Å². The molecule has 0 saturated carbocycles. The van der Waals surface area contributed by atoms with Gasteiger partial charge in [0.1, 0.15) is 0 Å². The van der Waals surface area contributed by atoms with Gasteiger partial charge in [0.25, 0.3) is 0 Å². The summed E-state index contributed by atoms with van der Waals surface area (Å²) in [6.45, 7) is 3.07. The molecule has 0 spiro atoms. The summed E-state index contributed by atoms with van der Waals surface area (Å²) < 4.78 is 11.8. The molecule has 0 aliphatic carbocycles. The van der Waals surface area contributed by atoms with Gasteiger partial charge in [0, 0.05) is 13.0 Å². The normalized spacial score (nSPS) is 10.2. The summed E-state index contributed by atoms with van der Waals surface area (Å²) in [5.74, 6) is 0.0708. The number of carboxylic acid groups (broad SMARTS) is 1. The summed E-state index contributed by atoms with van der Waals surface area (Å²) in [5, 5.41) is 11.2. The highest BCUT2D eigenvalue weighted by molar-refractivity contribution is 9.10. The number of hydrogen-bond acceptors (Lipinski definition) is 4. The third-order valence-electron chi connectivity index (χ3n) is 3.04. The Balaban J connectivity index is 2.59. The zero-order valence-corrected chi connectivity index (χ0v) is 14.9. The van der Waals surface area contributed by atoms with Gasteiger partial charge in [0.15, 0.2) is 11.5 Å². The topological polar surface area (TPSA) is 84.9 Å². The maximum atomic E-state index is 11.5. The van der Waals surface area contributed by atoms with E-state index in [0.29, 0.717) is 31.1 Å². The van der Waals surface area contributed by atoms with Gasteiger partial charge < -0.3 is 19.9 Å². The van der Waals surface area contributed by atoms with Gasteiger partial charge >= 0.3 is 5.97 Å². The van der Waals surface area contributed by atoms with Crippen LogP contribution in [0.5, 0.6) is 11.5 Å². The van der Waals surface area contributed by atoms with E-state index >= 15 is 0 Å². The van der Waals surface area contributed by atoms with E-state index in [-0.39, 0.29) is 18.7 Å². The van der Waals surface area contributed by atoms with E-state index in [0.717, 1.165) is 16.5 Å². The first-order valence-corrected chi connectivity index (χ1v) is 8.25. The van der Waals surface area contributed by atoms with Crippen LogP contribution in [0.3, 0.4) is 0 Å². The quantitative estimate of drug-likeness (QED) is 0.644. The van der Waals surface area contributed by atoms with Crippen molar-refractivity contribution in [2.75, 3.05) is 20.3 Å². The van der Waals surface area contributed by atoms with Crippen molar-refractivity contribution in [3.8, 4) is 11.5 Å². The second-order valence-electron chi connectivity index (χ2n) is 4.95. The minimum absolute atomic E-state index is 0.00779. The SMILES string of the molecule is CCCOc1c(Br)cc(CCNC(=O)CCC(=O)O)cc1OC. The molecule has 6 nitrogen and oxygen atoms in total. The van der Waals surface area contributed by atoms with Crippen molar-refractivity contribution in [2.24, 2.45) is 0 Å². The molecule has 1 aromatic carbocycles. The van der Waals surface area contributed by atoms with E-state index in [1.807, 2.05) is 19.1 Å². The molecule has 23 heavy (non-hydrogen) atoms. The van der Waals surface area contributed by atoms with E-state index in [4.69, 9.17) is 14.6 Å². The summed E-state index contributed by atoms with van der Waals surface area (Å²) in [6, 6.07) is 3.80. The summed E-state index contributed by atoms with van der Waals surface area (Å²) in [7, 11) is 1.58. The lowest BCUT2D eigenvalue weighted by Crippen LogP contribution is -2.26. The van der Waals surface area contributed by atoms with E-state index < -0.39 is 5.97 Å². The van der Waals surface area contributed by atoms with Gasteiger partial charge in [0.05, 0.1) is 24.6 Å². The number of carbonyl (C=O) groups excluding carboxylic acids is 1. The average molecular weight is 388 g/mol. The van der Waals surface area contributed by atoms with Crippen molar-refractivity contribution in [3.05, 3.63) is 22.2 Å². The third kappa shape index (κ3) is 6.90. The molecule has 0 aromatic heterocycles. The fourth-order valence-corrected chi connectivity index (χ4v) is 2.52. The molecule has 0 aliphatic heterocycles. The molecule has 0 radical (unpaired) electrons. The number of benzene rings is 1. The van der Waals surface area contributed by atoms with Crippen LogP contribution < -0.4 is 14.8 Å². The van der Waals surface area contributed by atoms with Crippen LogP contribution in [0, 0.1) is 0 Å². The minimum atomic E-state index is -0.975. The monoisotopic (exact) mass is 387 g/mol. The van der Waals surface area contributed by atoms with Crippen molar-refractivity contribution in [1.82, 2.24) is 5.32 Å². The first kappa shape index (κ1) is 19.3. The molecule has 0 fully saturated rings. The van der Waals surface area contributed by atoms with Crippen molar-refractivity contribution >= 4 is 27.8 Å². The molecule has 1 rings (SSSR count). The molecule has 2 N–H and O–H groups in total. The molecule has 1 aromatic rings. The second kappa shape index (κ2) is 10.1. The van der Waals surface area contributed by atoms with Gasteiger partial charge in [-0.2, -0.15) is 0 Å². The van der Waals surface area contributed by atoms with Gasteiger partial charge in [-0.1, -0.05) is 6.92 Å². The molecule has 0 unspecified atom stereocenters. The van der Waals surface area contributed by atoms with E-state index in [9.17, 15) is 9.59 Å². The number of nitrogens with one attached hydrogen (secondary N) is 1. The van der Waals surface area contributed by atoms with Gasteiger partial charge in [-0.3, -0.25) is 9.59 Å². The molecule has 7 heteroatoms. The summed E-state index contributed by atoms with van der Waals surface area (Å²) in [4.78, 5) is 21.9. The number of carbonyl (C=O) groups is 2. The van der Waals surface area contributed by atoms with Crippen LogP contribution in [0.2, 0.25) is 0 Å². The Morgan fingerprint density at radius 2 is 2.04 bits per heavy atom. The molecule has 0 aliphatic rings.